The van der Waals surface area contributed by atoms with E-state index in [4.69, 9.17) is 16.3 Å². The van der Waals surface area contributed by atoms with Gasteiger partial charge in [0.05, 0.1) is 5.92 Å². The number of rotatable bonds is 5. The van der Waals surface area contributed by atoms with Crippen LogP contribution in [0.5, 0.6) is 0 Å². The van der Waals surface area contributed by atoms with E-state index < -0.39 is 11.9 Å². The van der Waals surface area contributed by atoms with E-state index in [1.165, 1.54) is 0 Å². The van der Waals surface area contributed by atoms with Crippen LogP contribution in [-0.2, 0) is 14.3 Å². The number of carbonyl (C=O) groups excluding carboxylic acids is 3. The minimum absolute atomic E-state index is 0.0582. The Morgan fingerprint density at radius 2 is 1.89 bits per heavy atom. The number of anilines is 1. The molecule has 1 saturated heterocycles. The molecular formula is C22H22ClNO4. The molecule has 0 N–H and O–H groups in total. The van der Waals surface area contributed by atoms with Gasteiger partial charge in [-0.3, -0.25) is 14.4 Å². The molecule has 0 radical (unpaired) electrons. The number of nitrogens with zero attached hydrogens (tertiary/aromatic N) is 1. The molecule has 0 saturated carbocycles. The summed E-state index contributed by atoms with van der Waals surface area (Å²) in [6.45, 7) is 5.61. The molecule has 6 heteroatoms. The zero-order chi connectivity index (χ0) is 20.4. The number of Topliss-reactive ketones (excluding diaryl/α,β-unsaturated/α-hetero) is 1. The lowest BCUT2D eigenvalue weighted by Gasteiger charge is -2.19. The molecule has 2 aromatic carbocycles. The van der Waals surface area contributed by atoms with Crippen molar-refractivity contribution in [3.05, 3.63) is 63.7 Å². The standard InChI is InChI=1S/C22H22ClNO4/c1-13-7-8-16(9-14(13)2)20(25)12-28-22(27)17-10-21(26)24(11-17)19-6-4-5-18(23)15(19)3/h4-9,17H,10-12H2,1-3H3/t17-/m0/s1. The maximum absolute atomic E-state index is 12.4. The Balaban J connectivity index is 1.62. The van der Waals surface area contributed by atoms with Gasteiger partial charge in [0.15, 0.2) is 12.4 Å². The Morgan fingerprint density at radius 1 is 1.14 bits per heavy atom. The highest BCUT2D eigenvalue weighted by atomic mass is 35.5. The molecule has 2 aromatic rings. The fourth-order valence-corrected chi connectivity index (χ4v) is 3.41. The van der Waals surface area contributed by atoms with E-state index in [1.54, 1.807) is 35.2 Å². The molecule has 0 spiro atoms. The molecule has 146 valence electrons. The van der Waals surface area contributed by atoms with E-state index >= 15 is 0 Å². The fraction of sp³-hybridized carbons (Fsp3) is 0.318. The van der Waals surface area contributed by atoms with Crippen LogP contribution in [0, 0.1) is 26.7 Å². The normalized spacial score (nSPS) is 16.4. The monoisotopic (exact) mass is 399 g/mol. The predicted octanol–water partition coefficient (Wildman–Crippen LogP) is 4.04. The number of hydrogen-bond acceptors (Lipinski definition) is 4. The minimum Gasteiger partial charge on any atom is -0.457 e. The number of halogens is 1. The zero-order valence-electron chi connectivity index (χ0n) is 16.1. The first-order valence-electron chi connectivity index (χ1n) is 9.10. The summed E-state index contributed by atoms with van der Waals surface area (Å²) in [5, 5.41) is 0.565. The number of hydrogen-bond donors (Lipinski definition) is 0. The van der Waals surface area contributed by atoms with Crippen molar-refractivity contribution in [3.63, 3.8) is 0 Å². The third-order valence-electron chi connectivity index (χ3n) is 5.16. The van der Waals surface area contributed by atoms with Crippen LogP contribution in [0.25, 0.3) is 0 Å². The molecule has 5 nitrogen and oxygen atoms in total. The molecule has 1 fully saturated rings. The zero-order valence-corrected chi connectivity index (χ0v) is 16.9. The highest BCUT2D eigenvalue weighted by Crippen LogP contribution is 2.31. The van der Waals surface area contributed by atoms with Gasteiger partial charge in [-0.25, -0.2) is 0 Å². The van der Waals surface area contributed by atoms with Crippen LogP contribution < -0.4 is 4.90 Å². The lowest BCUT2D eigenvalue weighted by Crippen LogP contribution is -2.27. The summed E-state index contributed by atoms with van der Waals surface area (Å²) in [5.41, 5.74) is 4.09. The lowest BCUT2D eigenvalue weighted by atomic mass is 10.0. The van der Waals surface area contributed by atoms with Crippen molar-refractivity contribution in [2.45, 2.75) is 27.2 Å². The number of carbonyl (C=O) groups is 3. The highest BCUT2D eigenvalue weighted by Gasteiger charge is 2.37. The van der Waals surface area contributed by atoms with Crippen molar-refractivity contribution < 1.29 is 19.1 Å². The molecule has 0 unspecified atom stereocenters. The van der Waals surface area contributed by atoms with E-state index in [-0.39, 0.29) is 31.3 Å². The van der Waals surface area contributed by atoms with Gasteiger partial charge < -0.3 is 9.64 Å². The van der Waals surface area contributed by atoms with E-state index in [0.29, 0.717) is 16.3 Å². The summed E-state index contributed by atoms with van der Waals surface area (Å²) in [5.74, 6) is -1.55. The molecule has 1 atom stereocenters. The fourth-order valence-electron chi connectivity index (χ4n) is 3.24. The summed E-state index contributed by atoms with van der Waals surface area (Å²) >= 11 is 6.14. The molecule has 28 heavy (non-hydrogen) atoms. The second kappa shape index (κ2) is 8.15. The smallest absolute Gasteiger partial charge is 0.311 e. The first-order chi connectivity index (χ1) is 13.3. The number of amides is 1. The molecular weight excluding hydrogens is 378 g/mol. The molecule has 1 heterocycles. The second-order valence-corrected chi connectivity index (χ2v) is 7.53. The molecule has 0 aliphatic carbocycles. The molecule has 1 aliphatic rings. The Kier molecular flexibility index (Phi) is 5.84. The van der Waals surface area contributed by atoms with Crippen molar-refractivity contribution in [1.29, 1.82) is 0 Å². The summed E-state index contributed by atoms with van der Waals surface area (Å²) < 4.78 is 5.21. The largest absolute Gasteiger partial charge is 0.457 e. The van der Waals surface area contributed by atoms with Crippen molar-refractivity contribution in [2.75, 3.05) is 18.1 Å². The summed E-state index contributed by atoms with van der Waals surface area (Å²) in [6.07, 6.45) is 0.0582. The van der Waals surface area contributed by atoms with Crippen LogP contribution in [0.2, 0.25) is 5.02 Å². The van der Waals surface area contributed by atoms with Gasteiger partial charge in [0.2, 0.25) is 5.91 Å². The van der Waals surface area contributed by atoms with E-state index in [9.17, 15) is 14.4 Å². The number of ketones is 1. The molecule has 0 bridgehead atoms. The number of esters is 1. The Labute approximate surface area is 169 Å². The Morgan fingerprint density at radius 3 is 2.61 bits per heavy atom. The second-order valence-electron chi connectivity index (χ2n) is 7.12. The van der Waals surface area contributed by atoms with Gasteiger partial charge in [-0.2, -0.15) is 0 Å². The third-order valence-corrected chi connectivity index (χ3v) is 5.57. The lowest BCUT2D eigenvalue weighted by molar-refractivity contribution is -0.147. The van der Waals surface area contributed by atoms with Crippen LogP contribution in [0.3, 0.4) is 0 Å². The van der Waals surface area contributed by atoms with Crippen LogP contribution in [0.4, 0.5) is 5.69 Å². The Hall–Kier alpha value is -2.66. The summed E-state index contributed by atoms with van der Waals surface area (Å²) in [7, 11) is 0. The maximum atomic E-state index is 12.4. The Bertz CT molecular complexity index is 954. The molecule has 3 rings (SSSR count). The van der Waals surface area contributed by atoms with E-state index in [0.717, 1.165) is 16.7 Å². The van der Waals surface area contributed by atoms with Crippen molar-refractivity contribution >= 4 is 34.9 Å². The van der Waals surface area contributed by atoms with Gasteiger partial charge in [0, 0.05) is 29.2 Å². The van der Waals surface area contributed by atoms with Crippen LogP contribution >= 0.6 is 11.6 Å². The molecule has 1 aliphatic heterocycles. The van der Waals surface area contributed by atoms with Gasteiger partial charge >= 0.3 is 5.97 Å². The quantitative estimate of drug-likeness (QED) is 0.562. The average Bonchev–Trinajstić information content (AvgIpc) is 3.05. The van der Waals surface area contributed by atoms with Gasteiger partial charge in [-0.15, -0.1) is 0 Å². The number of ether oxygens (including phenoxy) is 1. The maximum Gasteiger partial charge on any atom is 0.311 e. The van der Waals surface area contributed by atoms with Gasteiger partial charge in [0.1, 0.15) is 0 Å². The van der Waals surface area contributed by atoms with Gasteiger partial charge in [0.25, 0.3) is 0 Å². The SMILES string of the molecule is Cc1ccc(C(=O)COC(=O)[C@H]2CC(=O)N(c3cccc(Cl)c3C)C2)cc1C. The van der Waals surface area contributed by atoms with Gasteiger partial charge in [-0.05, 0) is 55.7 Å². The number of benzene rings is 2. The minimum atomic E-state index is -0.599. The topological polar surface area (TPSA) is 63.7 Å². The third kappa shape index (κ3) is 4.09. The summed E-state index contributed by atoms with van der Waals surface area (Å²) in [4.78, 5) is 38.6. The summed E-state index contributed by atoms with van der Waals surface area (Å²) in [6, 6.07) is 10.7. The average molecular weight is 400 g/mol. The van der Waals surface area contributed by atoms with Crippen molar-refractivity contribution in [2.24, 2.45) is 5.92 Å². The van der Waals surface area contributed by atoms with Gasteiger partial charge in [-0.1, -0.05) is 29.8 Å². The van der Waals surface area contributed by atoms with Crippen LogP contribution in [0.15, 0.2) is 36.4 Å². The van der Waals surface area contributed by atoms with Crippen LogP contribution in [-0.4, -0.2) is 30.8 Å². The van der Waals surface area contributed by atoms with Crippen LogP contribution in [0.1, 0.15) is 33.5 Å². The van der Waals surface area contributed by atoms with E-state index in [1.807, 2.05) is 26.8 Å². The predicted molar refractivity (Wildman–Crippen MR) is 108 cm³/mol. The first-order valence-corrected chi connectivity index (χ1v) is 9.48. The van der Waals surface area contributed by atoms with Crippen molar-refractivity contribution in [1.82, 2.24) is 0 Å². The highest BCUT2D eigenvalue weighted by molar-refractivity contribution is 6.31. The number of aryl methyl sites for hydroxylation is 2. The van der Waals surface area contributed by atoms with Crippen molar-refractivity contribution in [3.8, 4) is 0 Å². The van der Waals surface area contributed by atoms with E-state index in [2.05, 4.69) is 0 Å². The molecule has 0 aromatic heterocycles. The molecule has 1 amide bonds. The first kappa shape index (κ1) is 20.1.